The number of carbonyl (C=O) groups excluding carboxylic acids is 1. The number of hydrogen-bond acceptors (Lipinski definition) is 6. The molecule has 1 aliphatic rings. The van der Waals surface area contributed by atoms with E-state index in [4.69, 9.17) is 27.0 Å². The van der Waals surface area contributed by atoms with E-state index in [2.05, 4.69) is 37.0 Å². The number of rotatable bonds is 6. The van der Waals surface area contributed by atoms with Gasteiger partial charge in [0.2, 0.25) is 0 Å². The van der Waals surface area contributed by atoms with Gasteiger partial charge in [-0.2, -0.15) is 0 Å². The van der Waals surface area contributed by atoms with E-state index in [-0.39, 0.29) is 22.6 Å². The summed E-state index contributed by atoms with van der Waals surface area (Å²) < 4.78 is 5.88. The lowest BCUT2D eigenvalue weighted by molar-refractivity contribution is 0.0456. The molecule has 1 heterocycles. The highest BCUT2D eigenvalue weighted by Crippen LogP contribution is 2.26. The van der Waals surface area contributed by atoms with Gasteiger partial charge in [0.25, 0.3) is 5.91 Å². The molecule has 0 radical (unpaired) electrons. The van der Waals surface area contributed by atoms with Gasteiger partial charge in [0, 0.05) is 17.4 Å². The minimum Gasteiger partial charge on any atom is -0.478 e. The van der Waals surface area contributed by atoms with E-state index in [0.717, 1.165) is 6.61 Å². The van der Waals surface area contributed by atoms with E-state index in [1.54, 1.807) is 6.07 Å². The number of ether oxygens (including phenoxy) is 1. The molecule has 1 fully saturated rings. The van der Waals surface area contributed by atoms with Crippen molar-refractivity contribution in [1.82, 2.24) is 4.98 Å². The zero-order valence-corrected chi connectivity index (χ0v) is 20.1. The number of benzene rings is 2. The first-order valence-electron chi connectivity index (χ1n) is 11.5. The highest BCUT2D eigenvalue weighted by atomic mass is 16.5. The fourth-order valence-electron chi connectivity index (χ4n) is 3.93. The second-order valence-corrected chi connectivity index (χ2v) is 8.76. The predicted octanol–water partition coefficient (Wildman–Crippen LogP) is 4.47. The molecule has 7 N–H and O–H groups in total. The number of nitrogens with two attached hydrogens (primary N) is 3. The molecule has 8 nitrogen and oxygen atoms in total. The Balaban J connectivity index is 0.000000203. The van der Waals surface area contributed by atoms with Crippen molar-refractivity contribution in [2.24, 2.45) is 5.73 Å². The van der Waals surface area contributed by atoms with Crippen LogP contribution in [0.1, 0.15) is 63.1 Å². The molecule has 4 rings (SSSR count). The molecule has 0 atom stereocenters. The van der Waals surface area contributed by atoms with Crippen molar-refractivity contribution < 1.29 is 19.4 Å². The summed E-state index contributed by atoms with van der Waals surface area (Å²) in [6, 6.07) is 12.5. The molecule has 0 unspecified atom stereocenters. The third-order valence-corrected chi connectivity index (χ3v) is 6.16. The lowest BCUT2D eigenvalue weighted by Gasteiger charge is -2.11. The number of aryl methyl sites for hydroxylation is 2. The Kier molecular flexibility index (Phi) is 8.43. The van der Waals surface area contributed by atoms with Crippen molar-refractivity contribution in [3.8, 4) is 11.1 Å². The molecule has 8 heteroatoms. The Bertz CT molecular complexity index is 1220. The van der Waals surface area contributed by atoms with Crippen molar-refractivity contribution in [2.45, 2.75) is 52.2 Å². The number of carbonyl (C=O) groups is 2. The first-order chi connectivity index (χ1) is 16.7. The quantitative estimate of drug-likeness (QED) is 0.382. The highest BCUT2D eigenvalue weighted by Gasteiger charge is 2.15. The molecular weight excluding hydrogens is 444 g/mol. The van der Waals surface area contributed by atoms with E-state index in [0.29, 0.717) is 17.2 Å². The standard InChI is InChI=1S/C14H20O.C13H12N4O3/c1-11-7-8-13(9-12(11)2)10-15-14-5-3-4-6-14;14-10-4-6(1-2-8(10)13(19)20)7-3-9(12(16)18)11(15)17-5-7/h7-9,14H,3-6,10H2,1-2H3;1-5H,14H2,(H2,15,17)(H2,16,18)(H,19,20). The van der Waals surface area contributed by atoms with Crippen LogP contribution in [0.5, 0.6) is 0 Å². The Morgan fingerprint density at radius 2 is 1.69 bits per heavy atom. The van der Waals surface area contributed by atoms with Crippen LogP contribution >= 0.6 is 0 Å². The molecular formula is C27H32N4O4. The van der Waals surface area contributed by atoms with E-state index >= 15 is 0 Å². The number of nitrogen functional groups attached to an aromatic ring is 2. The fraction of sp³-hybridized carbons (Fsp3) is 0.296. The minimum absolute atomic E-state index is 0.00674. The predicted molar refractivity (Wildman–Crippen MR) is 137 cm³/mol. The molecule has 1 amide bonds. The summed E-state index contributed by atoms with van der Waals surface area (Å²) in [5.41, 5.74) is 21.9. The molecule has 0 bridgehead atoms. The summed E-state index contributed by atoms with van der Waals surface area (Å²) in [4.78, 5) is 26.0. The van der Waals surface area contributed by atoms with Gasteiger partial charge in [-0.05, 0) is 67.1 Å². The molecule has 184 valence electrons. The van der Waals surface area contributed by atoms with Gasteiger partial charge in [-0.25, -0.2) is 9.78 Å². The van der Waals surface area contributed by atoms with Gasteiger partial charge in [-0.3, -0.25) is 4.79 Å². The van der Waals surface area contributed by atoms with Crippen molar-refractivity contribution in [2.75, 3.05) is 11.5 Å². The summed E-state index contributed by atoms with van der Waals surface area (Å²) in [6.07, 6.45) is 7.17. The maximum absolute atomic E-state index is 11.2. The number of carboxylic acids is 1. The van der Waals surface area contributed by atoms with E-state index < -0.39 is 11.9 Å². The highest BCUT2D eigenvalue weighted by molar-refractivity contribution is 5.99. The number of hydrogen-bond donors (Lipinski definition) is 4. The van der Waals surface area contributed by atoms with E-state index in [9.17, 15) is 9.59 Å². The number of anilines is 2. The SMILES string of the molecule is Cc1ccc(COC2CCCC2)cc1C.NC(=O)c1cc(-c2ccc(C(=O)O)c(N)c2)cnc1N. The second-order valence-electron chi connectivity index (χ2n) is 8.76. The number of pyridine rings is 1. The molecule has 35 heavy (non-hydrogen) atoms. The average molecular weight is 477 g/mol. The Morgan fingerprint density at radius 3 is 2.29 bits per heavy atom. The molecule has 1 aromatic heterocycles. The van der Waals surface area contributed by atoms with Crippen LogP contribution in [-0.2, 0) is 11.3 Å². The van der Waals surface area contributed by atoms with Crippen LogP contribution in [0.15, 0.2) is 48.7 Å². The number of aromatic nitrogens is 1. The molecule has 0 saturated heterocycles. The first kappa shape index (κ1) is 25.7. The van der Waals surface area contributed by atoms with Gasteiger partial charge in [0.15, 0.2) is 0 Å². The van der Waals surface area contributed by atoms with Crippen molar-refractivity contribution >= 4 is 23.4 Å². The van der Waals surface area contributed by atoms with Gasteiger partial charge in [0.1, 0.15) is 5.82 Å². The summed E-state index contributed by atoms with van der Waals surface area (Å²) in [7, 11) is 0. The number of nitrogens with zero attached hydrogens (tertiary/aromatic N) is 1. The molecule has 0 spiro atoms. The Hall–Kier alpha value is -3.91. The number of carboxylic acid groups (broad SMARTS) is 1. The summed E-state index contributed by atoms with van der Waals surface area (Å²) in [5, 5.41) is 8.91. The van der Waals surface area contributed by atoms with E-state index in [1.165, 1.54) is 66.8 Å². The van der Waals surface area contributed by atoms with Crippen molar-refractivity contribution in [3.05, 3.63) is 76.5 Å². The van der Waals surface area contributed by atoms with Crippen molar-refractivity contribution in [3.63, 3.8) is 0 Å². The third-order valence-electron chi connectivity index (χ3n) is 6.16. The van der Waals surface area contributed by atoms with Gasteiger partial charge in [-0.15, -0.1) is 0 Å². The van der Waals surface area contributed by atoms with E-state index in [1.807, 2.05) is 0 Å². The fourth-order valence-corrected chi connectivity index (χ4v) is 3.93. The summed E-state index contributed by atoms with van der Waals surface area (Å²) in [6.45, 7) is 5.09. The van der Waals surface area contributed by atoms with Crippen LogP contribution in [0.4, 0.5) is 11.5 Å². The van der Waals surface area contributed by atoms with Crippen LogP contribution in [0.2, 0.25) is 0 Å². The van der Waals surface area contributed by atoms with Crippen LogP contribution in [0.25, 0.3) is 11.1 Å². The molecule has 1 saturated carbocycles. The largest absolute Gasteiger partial charge is 0.478 e. The molecule has 1 aliphatic carbocycles. The number of primary amides is 1. The van der Waals surface area contributed by atoms with Crippen LogP contribution in [-0.4, -0.2) is 28.1 Å². The van der Waals surface area contributed by atoms with Gasteiger partial charge >= 0.3 is 5.97 Å². The second kappa shape index (κ2) is 11.5. The van der Waals surface area contributed by atoms with Gasteiger partial charge < -0.3 is 27.0 Å². The smallest absolute Gasteiger partial charge is 0.337 e. The Labute approximate surface area is 205 Å². The Morgan fingerprint density at radius 1 is 0.971 bits per heavy atom. The lowest BCUT2D eigenvalue weighted by atomic mass is 10.0. The summed E-state index contributed by atoms with van der Waals surface area (Å²) >= 11 is 0. The summed E-state index contributed by atoms with van der Waals surface area (Å²) in [5.74, 6) is -1.76. The normalized spacial score (nSPS) is 13.2. The molecule has 2 aromatic carbocycles. The van der Waals surface area contributed by atoms with Crippen molar-refractivity contribution in [1.29, 1.82) is 0 Å². The third kappa shape index (κ3) is 6.80. The maximum atomic E-state index is 11.2. The minimum atomic E-state index is -1.11. The van der Waals surface area contributed by atoms with Crippen LogP contribution < -0.4 is 17.2 Å². The molecule has 3 aromatic rings. The average Bonchev–Trinajstić information content (AvgIpc) is 3.34. The zero-order chi connectivity index (χ0) is 25.5. The van der Waals surface area contributed by atoms with Gasteiger partial charge in [0.05, 0.1) is 23.8 Å². The lowest BCUT2D eigenvalue weighted by Crippen LogP contribution is -2.14. The van der Waals surface area contributed by atoms with Crippen LogP contribution in [0, 0.1) is 13.8 Å². The first-order valence-corrected chi connectivity index (χ1v) is 11.5. The van der Waals surface area contributed by atoms with Crippen LogP contribution in [0.3, 0.4) is 0 Å². The number of aromatic carboxylic acids is 1. The number of amides is 1. The topological polar surface area (TPSA) is 155 Å². The zero-order valence-electron chi connectivity index (χ0n) is 20.1. The monoisotopic (exact) mass is 476 g/mol. The maximum Gasteiger partial charge on any atom is 0.337 e. The molecule has 0 aliphatic heterocycles. The van der Waals surface area contributed by atoms with Gasteiger partial charge in [-0.1, -0.05) is 37.1 Å².